The Labute approximate surface area is 150 Å². The molecule has 9 heteroatoms. The monoisotopic (exact) mass is 358 g/mol. The lowest BCUT2D eigenvalue weighted by atomic mass is 10.1. The zero-order chi connectivity index (χ0) is 18.9. The minimum atomic E-state index is -1.09. The first-order valence-electron chi connectivity index (χ1n) is 8.30. The molecule has 3 rings (SSSR count). The van der Waals surface area contributed by atoms with E-state index in [1.165, 1.54) is 0 Å². The van der Waals surface area contributed by atoms with Gasteiger partial charge in [0, 0.05) is 19.3 Å². The van der Waals surface area contributed by atoms with Crippen LogP contribution in [0.15, 0.2) is 18.3 Å². The number of nitrogen functional groups attached to an aromatic ring is 1. The number of fused-ring (bicyclic) bond motifs is 3. The average molecular weight is 358 g/mol. The summed E-state index contributed by atoms with van der Waals surface area (Å²) in [5.41, 5.74) is 7.96. The van der Waals surface area contributed by atoms with E-state index in [1.54, 1.807) is 26.1 Å². The maximum absolute atomic E-state index is 11.1. The predicted molar refractivity (Wildman–Crippen MR) is 97.8 cm³/mol. The van der Waals surface area contributed by atoms with Crippen LogP contribution < -0.4 is 11.1 Å². The summed E-state index contributed by atoms with van der Waals surface area (Å²) in [6, 6.07) is 3.62. The number of hydrogen-bond donors (Lipinski definition) is 3. The molecule has 9 nitrogen and oxygen atoms in total. The molecule has 138 valence electrons. The van der Waals surface area contributed by atoms with Crippen molar-refractivity contribution in [3.05, 3.63) is 24.2 Å². The van der Waals surface area contributed by atoms with Gasteiger partial charge in [-0.2, -0.15) is 0 Å². The van der Waals surface area contributed by atoms with Crippen molar-refractivity contribution >= 4 is 34.0 Å². The number of pyridine rings is 2. The number of nitrogens with one attached hydrogen (secondary N) is 1. The molecule has 0 aliphatic carbocycles. The highest BCUT2D eigenvalue weighted by molar-refractivity contribution is 6.04. The predicted octanol–water partition coefficient (Wildman–Crippen LogP) is 2.14. The number of nitrogens with zero attached hydrogens (tertiary/aromatic N) is 4. The maximum atomic E-state index is 11.1. The Bertz CT molecular complexity index is 966. The molecule has 0 aliphatic heterocycles. The van der Waals surface area contributed by atoms with Crippen molar-refractivity contribution in [2.45, 2.75) is 39.5 Å². The minimum absolute atomic E-state index is 0.280. The first-order valence-corrected chi connectivity index (χ1v) is 8.30. The Morgan fingerprint density at radius 1 is 1.38 bits per heavy atom. The van der Waals surface area contributed by atoms with Gasteiger partial charge in [-0.1, -0.05) is 0 Å². The lowest BCUT2D eigenvalue weighted by molar-refractivity contribution is 0.124. The molecule has 4 N–H and O–H groups in total. The minimum Gasteiger partial charge on any atom is -0.465 e. The molecule has 0 atom stereocenters. The Balaban J connectivity index is 2.24. The molecule has 0 bridgehead atoms. The van der Waals surface area contributed by atoms with Crippen LogP contribution in [0.1, 0.15) is 26.6 Å². The Kier molecular flexibility index (Phi) is 4.64. The Morgan fingerprint density at radius 2 is 2.15 bits per heavy atom. The summed E-state index contributed by atoms with van der Waals surface area (Å²) in [6.07, 6.45) is 0.592. The summed E-state index contributed by atoms with van der Waals surface area (Å²) in [5, 5.41) is 11.6. The SMILES string of the molecule is CCOCc1nc2c(N)nc3cccnc3c2n1CC(C)(C)NC(=O)O. The van der Waals surface area contributed by atoms with Crippen molar-refractivity contribution in [2.24, 2.45) is 0 Å². The number of carbonyl (C=O) groups is 1. The van der Waals surface area contributed by atoms with Gasteiger partial charge in [-0.25, -0.2) is 14.8 Å². The molecule has 3 aromatic rings. The number of carboxylic acid groups (broad SMARTS) is 1. The molecule has 3 heterocycles. The second kappa shape index (κ2) is 6.75. The van der Waals surface area contributed by atoms with Crippen LogP contribution >= 0.6 is 0 Å². The van der Waals surface area contributed by atoms with E-state index < -0.39 is 11.6 Å². The first kappa shape index (κ1) is 17.9. The third-order valence-corrected chi connectivity index (χ3v) is 3.97. The molecule has 26 heavy (non-hydrogen) atoms. The summed E-state index contributed by atoms with van der Waals surface area (Å²) in [4.78, 5) is 24.5. The fraction of sp³-hybridized carbons (Fsp3) is 0.412. The maximum Gasteiger partial charge on any atom is 0.405 e. The molecule has 0 aliphatic rings. The number of ether oxygens (including phenoxy) is 1. The van der Waals surface area contributed by atoms with Gasteiger partial charge in [0.25, 0.3) is 0 Å². The third kappa shape index (κ3) is 3.38. The van der Waals surface area contributed by atoms with E-state index in [2.05, 4.69) is 20.3 Å². The van der Waals surface area contributed by atoms with Crippen molar-refractivity contribution in [3.63, 3.8) is 0 Å². The van der Waals surface area contributed by atoms with Crippen LogP contribution in [0.5, 0.6) is 0 Å². The second-order valence-corrected chi connectivity index (χ2v) is 6.63. The van der Waals surface area contributed by atoms with Crippen LogP contribution in [0, 0.1) is 0 Å². The number of aromatic nitrogens is 4. The lowest BCUT2D eigenvalue weighted by Crippen LogP contribution is -2.46. The van der Waals surface area contributed by atoms with Crippen LogP contribution in [-0.2, 0) is 17.9 Å². The van der Waals surface area contributed by atoms with Crippen molar-refractivity contribution in [3.8, 4) is 0 Å². The van der Waals surface area contributed by atoms with Crippen LogP contribution in [0.25, 0.3) is 22.1 Å². The van der Waals surface area contributed by atoms with Gasteiger partial charge >= 0.3 is 6.09 Å². The molecule has 0 unspecified atom stereocenters. The van der Waals surface area contributed by atoms with E-state index >= 15 is 0 Å². The van der Waals surface area contributed by atoms with Crippen molar-refractivity contribution in [1.82, 2.24) is 24.8 Å². The van der Waals surface area contributed by atoms with Crippen molar-refractivity contribution in [2.75, 3.05) is 12.3 Å². The number of imidazole rings is 1. The average Bonchev–Trinajstić information content (AvgIpc) is 2.90. The van der Waals surface area contributed by atoms with Gasteiger partial charge in [-0.05, 0) is 32.9 Å². The van der Waals surface area contributed by atoms with Gasteiger partial charge in [0.2, 0.25) is 0 Å². The second-order valence-electron chi connectivity index (χ2n) is 6.63. The largest absolute Gasteiger partial charge is 0.465 e. The molecule has 0 aromatic carbocycles. The smallest absolute Gasteiger partial charge is 0.405 e. The van der Waals surface area contributed by atoms with E-state index in [1.807, 2.05) is 17.6 Å². The summed E-state index contributed by atoms with van der Waals surface area (Å²) >= 11 is 0. The Hall–Kier alpha value is -2.94. The number of hydrogen-bond acceptors (Lipinski definition) is 6. The molecular weight excluding hydrogens is 336 g/mol. The summed E-state index contributed by atoms with van der Waals surface area (Å²) in [5.74, 6) is 0.953. The van der Waals surface area contributed by atoms with Gasteiger partial charge < -0.3 is 25.5 Å². The zero-order valence-corrected chi connectivity index (χ0v) is 15.0. The number of anilines is 1. The molecule has 0 fully saturated rings. The number of amides is 1. The highest BCUT2D eigenvalue weighted by Crippen LogP contribution is 2.29. The van der Waals surface area contributed by atoms with Crippen molar-refractivity contribution in [1.29, 1.82) is 0 Å². The molecule has 1 amide bonds. The van der Waals surface area contributed by atoms with E-state index in [0.717, 1.165) is 5.52 Å². The van der Waals surface area contributed by atoms with E-state index in [9.17, 15) is 4.79 Å². The first-order chi connectivity index (χ1) is 12.3. The standard InChI is InChI=1S/C17H22N6O3/c1-4-26-8-11-21-13-14(23(11)9-17(2,3)22-16(24)25)12-10(20-15(13)18)6-5-7-19-12/h5-7,22H,4,8-9H2,1-3H3,(H2,18,20)(H,24,25). The Morgan fingerprint density at radius 3 is 2.85 bits per heavy atom. The van der Waals surface area contributed by atoms with Crippen LogP contribution in [0.4, 0.5) is 10.6 Å². The molecule has 0 radical (unpaired) electrons. The van der Waals surface area contributed by atoms with Crippen LogP contribution in [0.2, 0.25) is 0 Å². The quantitative estimate of drug-likeness (QED) is 0.616. The van der Waals surface area contributed by atoms with E-state index in [4.69, 9.17) is 15.6 Å². The molecular formula is C17H22N6O3. The van der Waals surface area contributed by atoms with Gasteiger partial charge in [-0.15, -0.1) is 0 Å². The fourth-order valence-corrected chi connectivity index (χ4v) is 2.97. The highest BCUT2D eigenvalue weighted by Gasteiger charge is 2.26. The molecule has 0 saturated carbocycles. The van der Waals surface area contributed by atoms with Gasteiger partial charge in [0.1, 0.15) is 29.0 Å². The van der Waals surface area contributed by atoms with Gasteiger partial charge in [0.15, 0.2) is 5.82 Å². The third-order valence-electron chi connectivity index (χ3n) is 3.97. The van der Waals surface area contributed by atoms with E-state index in [0.29, 0.717) is 41.3 Å². The molecule has 0 saturated heterocycles. The normalized spacial score (nSPS) is 12.0. The summed E-state index contributed by atoms with van der Waals surface area (Å²) in [6.45, 7) is 6.66. The van der Waals surface area contributed by atoms with Crippen molar-refractivity contribution < 1.29 is 14.6 Å². The topological polar surface area (TPSA) is 128 Å². The summed E-state index contributed by atoms with van der Waals surface area (Å²) < 4.78 is 7.45. The number of rotatable bonds is 6. The number of nitrogens with two attached hydrogens (primary N) is 1. The fourth-order valence-electron chi connectivity index (χ4n) is 2.97. The molecule has 0 spiro atoms. The highest BCUT2D eigenvalue weighted by atomic mass is 16.5. The zero-order valence-electron chi connectivity index (χ0n) is 15.0. The molecule has 3 aromatic heterocycles. The summed E-state index contributed by atoms with van der Waals surface area (Å²) in [7, 11) is 0. The van der Waals surface area contributed by atoms with Gasteiger partial charge in [0.05, 0.1) is 11.1 Å². The van der Waals surface area contributed by atoms with Crippen LogP contribution in [-0.4, -0.2) is 42.9 Å². The van der Waals surface area contributed by atoms with E-state index in [-0.39, 0.29) is 6.61 Å². The lowest BCUT2D eigenvalue weighted by Gasteiger charge is -2.26. The van der Waals surface area contributed by atoms with Gasteiger partial charge in [-0.3, -0.25) is 4.98 Å². The van der Waals surface area contributed by atoms with Crippen LogP contribution in [0.3, 0.4) is 0 Å².